The number of nitrogens with two attached hydrogens (primary N) is 1. The molecule has 2 aromatic carbocycles. The van der Waals surface area contributed by atoms with Gasteiger partial charge in [0.1, 0.15) is 30.3 Å². The summed E-state index contributed by atoms with van der Waals surface area (Å²) in [5.41, 5.74) is 7.85. The molecular weight excluding hydrogens is 791 g/mol. The highest BCUT2D eigenvalue weighted by atomic mass is 16.6. The number of ether oxygens (including phenoxy) is 3. The maximum atomic E-state index is 12.8. The van der Waals surface area contributed by atoms with Crippen LogP contribution in [0.2, 0.25) is 0 Å². The fourth-order valence-electron chi connectivity index (χ4n) is 7.47. The van der Waals surface area contributed by atoms with Crippen LogP contribution in [0.4, 0.5) is 4.79 Å². The molecule has 0 saturated carbocycles. The number of oxazole rings is 1. The normalized spacial score (nSPS) is 12.7. The number of aryl methyl sites for hydroxylation is 2. The SMILES string of the molecule is CC(C)C[C@@H](COc1cc2c(cc1C=O)c1ccncc1c(=O)n2C)NC(=O)OC(C)(C)C.CC(C)C[C@H](N)COc1cc2c(cc1-c1cnco1)c1ccncc1c(=O)n2C. The summed E-state index contributed by atoms with van der Waals surface area (Å²) in [6, 6.07) is 10.5. The van der Waals surface area contributed by atoms with Gasteiger partial charge in [0.25, 0.3) is 11.1 Å². The van der Waals surface area contributed by atoms with Crippen LogP contribution < -0.4 is 31.6 Å². The van der Waals surface area contributed by atoms with Crippen LogP contribution in [0.1, 0.15) is 71.7 Å². The minimum atomic E-state index is -0.612. The lowest BCUT2D eigenvalue weighted by Crippen LogP contribution is -2.42. The summed E-state index contributed by atoms with van der Waals surface area (Å²) in [5.74, 6) is 2.34. The van der Waals surface area contributed by atoms with Gasteiger partial charge in [-0.05, 0) is 80.5 Å². The minimum absolute atomic E-state index is 0.0835. The average Bonchev–Trinajstić information content (AvgIpc) is 3.77. The molecule has 0 saturated heterocycles. The van der Waals surface area contributed by atoms with Gasteiger partial charge in [-0.3, -0.25) is 24.4 Å². The predicted octanol–water partition coefficient (Wildman–Crippen LogP) is 7.71. The first kappa shape index (κ1) is 44.9. The number of hydrogen-bond donors (Lipinski definition) is 2. The Morgan fingerprint density at radius 1 is 0.774 bits per heavy atom. The molecule has 15 nitrogen and oxygen atoms in total. The number of pyridine rings is 4. The third-order valence-corrected chi connectivity index (χ3v) is 10.2. The van der Waals surface area contributed by atoms with E-state index in [1.54, 1.807) is 82.4 Å². The monoisotopic (exact) mass is 845 g/mol. The van der Waals surface area contributed by atoms with Crippen LogP contribution in [-0.2, 0) is 18.8 Å². The van der Waals surface area contributed by atoms with E-state index in [-0.39, 0.29) is 29.8 Å². The minimum Gasteiger partial charge on any atom is -0.491 e. The van der Waals surface area contributed by atoms with Crippen LogP contribution in [0.15, 0.2) is 87.8 Å². The standard InChI is InChI=1S/C25H31N3O5.C22H24N4O3/c1-15(2)9-17(27-24(31)33-25(3,4)5)14-32-22-11-21-19(10-16(22)13-29)18-7-8-26-12-20(18)23(30)28(21)6;1-13(2)6-14(23)11-28-20-8-19-16(7-17(20)21-10-25-12-29-21)15-4-5-24-9-18(15)22(27)26(19)3/h7-8,10-13,15,17H,9,14H2,1-6H3,(H,27,31);4-5,7-10,12-14H,6,11,23H2,1-3H3/t17-;14-/m00/s1. The number of amides is 1. The number of carbonyl (C=O) groups excluding carboxylic acids is 2. The summed E-state index contributed by atoms with van der Waals surface area (Å²) >= 11 is 0. The predicted molar refractivity (Wildman–Crippen MR) is 241 cm³/mol. The van der Waals surface area contributed by atoms with Crippen molar-refractivity contribution in [1.82, 2.24) is 29.4 Å². The number of rotatable bonds is 13. The molecule has 0 aliphatic carbocycles. The molecule has 0 aliphatic rings. The number of benzene rings is 2. The average molecular weight is 846 g/mol. The van der Waals surface area contributed by atoms with Crippen molar-refractivity contribution in [2.24, 2.45) is 31.7 Å². The number of hydrogen-bond acceptors (Lipinski definition) is 12. The number of carbonyl (C=O) groups is 2. The first-order chi connectivity index (χ1) is 29.4. The summed E-state index contributed by atoms with van der Waals surface area (Å²) in [4.78, 5) is 61.9. The number of nitrogens with one attached hydrogen (secondary N) is 1. The fraction of sp³-hybridized carbons (Fsp3) is 0.383. The lowest BCUT2D eigenvalue weighted by atomic mass is 10.0. The molecule has 326 valence electrons. The number of aromatic nitrogens is 5. The largest absolute Gasteiger partial charge is 0.491 e. The molecule has 0 fully saturated rings. The van der Waals surface area contributed by atoms with E-state index in [1.165, 1.54) is 17.2 Å². The van der Waals surface area contributed by atoms with Crippen molar-refractivity contribution in [1.29, 1.82) is 0 Å². The summed E-state index contributed by atoms with van der Waals surface area (Å²) in [6.07, 6.45) is 11.2. The molecule has 2 atom stereocenters. The number of nitrogens with zero attached hydrogens (tertiary/aromatic N) is 5. The Morgan fingerprint density at radius 3 is 1.87 bits per heavy atom. The van der Waals surface area contributed by atoms with Gasteiger partial charge in [-0.2, -0.15) is 0 Å². The molecule has 0 spiro atoms. The molecule has 5 heterocycles. The molecule has 0 radical (unpaired) electrons. The maximum absolute atomic E-state index is 12.8. The molecule has 62 heavy (non-hydrogen) atoms. The first-order valence-corrected chi connectivity index (χ1v) is 20.6. The number of fused-ring (bicyclic) bond motifs is 6. The molecule has 1 amide bonds. The van der Waals surface area contributed by atoms with Gasteiger partial charge in [0.2, 0.25) is 0 Å². The summed E-state index contributed by atoms with van der Waals surface area (Å²) < 4.78 is 26.2. The molecule has 7 rings (SSSR count). The van der Waals surface area contributed by atoms with Gasteiger partial charge in [0.05, 0.1) is 45.2 Å². The first-order valence-electron chi connectivity index (χ1n) is 20.6. The van der Waals surface area contributed by atoms with Gasteiger partial charge in [0, 0.05) is 67.8 Å². The molecule has 3 N–H and O–H groups in total. The molecule has 0 aliphatic heterocycles. The van der Waals surface area contributed by atoms with Gasteiger partial charge >= 0.3 is 6.09 Å². The van der Waals surface area contributed by atoms with E-state index in [0.717, 1.165) is 45.3 Å². The van der Waals surface area contributed by atoms with Crippen LogP contribution in [0.5, 0.6) is 11.5 Å². The molecule has 5 aromatic heterocycles. The van der Waals surface area contributed by atoms with E-state index in [2.05, 4.69) is 34.1 Å². The van der Waals surface area contributed by atoms with E-state index >= 15 is 0 Å². The van der Waals surface area contributed by atoms with E-state index in [1.807, 2.05) is 32.0 Å². The lowest BCUT2D eigenvalue weighted by Gasteiger charge is -2.25. The molecule has 0 unspecified atom stereocenters. The van der Waals surface area contributed by atoms with E-state index in [9.17, 15) is 19.2 Å². The third kappa shape index (κ3) is 10.3. The van der Waals surface area contributed by atoms with Gasteiger partial charge in [-0.15, -0.1) is 0 Å². The Hall–Kier alpha value is -6.61. The van der Waals surface area contributed by atoms with Crippen LogP contribution in [0.25, 0.3) is 54.7 Å². The van der Waals surface area contributed by atoms with E-state index < -0.39 is 11.7 Å². The quantitative estimate of drug-likeness (QED) is 0.0849. The summed E-state index contributed by atoms with van der Waals surface area (Å²) in [7, 11) is 3.42. The highest BCUT2D eigenvalue weighted by molar-refractivity contribution is 6.08. The van der Waals surface area contributed by atoms with Crippen LogP contribution >= 0.6 is 0 Å². The third-order valence-electron chi connectivity index (χ3n) is 10.2. The highest BCUT2D eigenvalue weighted by Gasteiger charge is 2.22. The zero-order valence-electron chi connectivity index (χ0n) is 36.7. The van der Waals surface area contributed by atoms with Crippen molar-refractivity contribution < 1.29 is 28.2 Å². The van der Waals surface area contributed by atoms with Crippen LogP contribution in [0, 0.1) is 11.8 Å². The fourth-order valence-corrected chi connectivity index (χ4v) is 7.47. The summed E-state index contributed by atoms with van der Waals surface area (Å²) in [5, 5.41) is 7.14. The number of aldehydes is 1. The van der Waals surface area contributed by atoms with Crippen molar-refractivity contribution in [3.05, 3.63) is 100 Å². The van der Waals surface area contributed by atoms with Crippen LogP contribution in [0.3, 0.4) is 0 Å². The second kappa shape index (κ2) is 19.0. The summed E-state index contributed by atoms with van der Waals surface area (Å²) in [6.45, 7) is 14.3. The molecule has 7 aromatic rings. The van der Waals surface area contributed by atoms with Gasteiger partial charge in [0.15, 0.2) is 18.4 Å². The van der Waals surface area contributed by atoms with Crippen LogP contribution in [-0.4, -0.2) is 67.4 Å². The van der Waals surface area contributed by atoms with E-state index in [4.69, 9.17) is 24.4 Å². The Kier molecular flexibility index (Phi) is 13.8. The Labute approximate surface area is 359 Å². The van der Waals surface area contributed by atoms with Crippen molar-refractivity contribution in [2.45, 2.75) is 79.0 Å². The molecule has 15 heteroatoms. The second-order valence-corrected chi connectivity index (χ2v) is 17.3. The Morgan fingerprint density at radius 2 is 1.34 bits per heavy atom. The van der Waals surface area contributed by atoms with Crippen molar-refractivity contribution >= 4 is 55.7 Å². The maximum Gasteiger partial charge on any atom is 0.407 e. The van der Waals surface area contributed by atoms with E-state index in [0.29, 0.717) is 64.0 Å². The van der Waals surface area contributed by atoms with Crippen molar-refractivity contribution in [3.8, 4) is 22.8 Å². The van der Waals surface area contributed by atoms with Gasteiger partial charge in [-0.1, -0.05) is 27.7 Å². The molecular formula is C47H55N7O8. The van der Waals surface area contributed by atoms with Gasteiger partial charge in [-0.25, -0.2) is 9.78 Å². The van der Waals surface area contributed by atoms with Crippen molar-refractivity contribution in [3.63, 3.8) is 0 Å². The Bertz CT molecular complexity index is 2840. The highest BCUT2D eigenvalue weighted by Crippen LogP contribution is 2.36. The zero-order chi connectivity index (χ0) is 44.9. The van der Waals surface area contributed by atoms with Gasteiger partial charge < -0.3 is 38.8 Å². The molecule has 0 bridgehead atoms. The lowest BCUT2D eigenvalue weighted by molar-refractivity contribution is 0.0479. The smallest absolute Gasteiger partial charge is 0.407 e. The topological polar surface area (TPSA) is 196 Å². The zero-order valence-corrected chi connectivity index (χ0v) is 36.7. The van der Waals surface area contributed by atoms with Crippen molar-refractivity contribution in [2.75, 3.05) is 13.2 Å². The number of alkyl carbamates (subject to hydrolysis) is 1. The Balaban J connectivity index is 0.000000208. The second-order valence-electron chi connectivity index (χ2n) is 17.3.